The fourth-order valence-electron chi connectivity index (χ4n) is 7.33. The van der Waals surface area contributed by atoms with Gasteiger partial charge in [-0.2, -0.15) is 0 Å². The van der Waals surface area contributed by atoms with Crippen molar-refractivity contribution in [3.8, 4) is 0 Å². The largest absolute Gasteiger partial charge is 0.481 e. The van der Waals surface area contributed by atoms with Gasteiger partial charge < -0.3 is 10.2 Å². The second-order valence-corrected chi connectivity index (χ2v) is 12.9. The first-order chi connectivity index (χ1) is 19.5. The minimum absolute atomic E-state index is 0.283. The molecule has 5 atom stereocenters. The van der Waals surface area contributed by atoms with Crippen LogP contribution in [0.25, 0.3) is 0 Å². The lowest BCUT2D eigenvalue weighted by molar-refractivity contribution is -0.141. The van der Waals surface area contributed by atoms with E-state index in [1.807, 2.05) is 0 Å². The number of carboxylic acids is 2. The molecule has 0 aromatic rings. The molecule has 2 aliphatic carbocycles. The van der Waals surface area contributed by atoms with Gasteiger partial charge in [0.15, 0.2) is 0 Å². The molecule has 230 valence electrons. The second-order valence-electron chi connectivity index (χ2n) is 12.9. The molecule has 0 amide bonds. The van der Waals surface area contributed by atoms with Crippen molar-refractivity contribution in [2.75, 3.05) is 0 Å². The topological polar surface area (TPSA) is 74.6 Å². The van der Waals surface area contributed by atoms with E-state index >= 15 is 0 Å². The molecule has 2 rings (SSSR count). The van der Waals surface area contributed by atoms with Crippen LogP contribution in [0, 0.1) is 29.6 Å². The van der Waals surface area contributed by atoms with Crippen LogP contribution in [0.3, 0.4) is 0 Å². The summed E-state index contributed by atoms with van der Waals surface area (Å²) in [6, 6.07) is 0. The summed E-state index contributed by atoms with van der Waals surface area (Å²) < 4.78 is 0. The van der Waals surface area contributed by atoms with E-state index in [0.29, 0.717) is 23.7 Å². The summed E-state index contributed by atoms with van der Waals surface area (Å²) in [7, 11) is 0. The maximum Gasteiger partial charge on any atom is 0.310 e. The molecule has 0 aliphatic heterocycles. The van der Waals surface area contributed by atoms with Crippen molar-refractivity contribution in [3.63, 3.8) is 0 Å². The highest BCUT2D eigenvalue weighted by atomic mass is 16.4. The normalized spacial score (nSPS) is 26.4. The van der Waals surface area contributed by atoms with E-state index in [4.69, 9.17) is 5.11 Å². The van der Waals surface area contributed by atoms with E-state index in [2.05, 4.69) is 32.1 Å². The summed E-state index contributed by atoms with van der Waals surface area (Å²) in [5.74, 6) is 0.575. The maximum absolute atomic E-state index is 12.4. The Hall–Kier alpha value is -1.58. The van der Waals surface area contributed by atoms with Crippen LogP contribution >= 0.6 is 0 Å². The van der Waals surface area contributed by atoms with Crippen molar-refractivity contribution in [2.45, 2.75) is 162 Å². The molecule has 2 aliphatic rings. The molecule has 4 heteroatoms. The summed E-state index contributed by atoms with van der Waals surface area (Å²) in [5.41, 5.74) is 1.23. The third kappa shape index (κ3) is 13.4. The molecular weight excluding hydrogens is 496 g/mol. The molecule has 0 aromatic heterocycles. The minimum Gasteiger partial charge on any atom is -0.481 e. The molecule has 4 nitrogen and oxygen atoms in total. The van der Waals surface area contributed by atoms with Crippen molar-refractivity contribution in [1.82, 2.24) is 0 Å². The van der Waals surface area contributed by atoms with Crippen LogP contribution < -0.4 is 0 Å². The van der Waals surface area contributed by atoms with E-state index in [1.165, 1.54) is 82.6 Å². The van der Waals surface area contributed by atoms with Gasteiger partial charge >= 0.3 is 11.9 Å². The summed E-state index contributed by atoms with van der Waals surface area (Å²) in [4.78, 5) is 23.2. The minimum atomic E-state index is -0.689. The van der Waals surface area contributed by atoms with E-state index in [1.54, 1.807) is 0 Å². The average molecular weight is 559 g/mol. The number of carbonyl (C=O) groups is 2. The van der Waals surface area contributed by atoms with Crippen molar-refractivity contribution >= 4 is 11.9 Å². The molecule has 0 spiro atoms. The molecule has 4 unspecified atom stereocenters. The van der Waals surface area contributed by atoms with Gasteiger partial charge in [-0.1, -0.05) is 134 Å². The number of aliphatic carboxylic acids is 2. The van der Waals surface area contributed by atoms with E-state index in [-0.39, 0.29) is 12.3 Å². The molecule has 0 saturated heterocycles. The van der Waals surface area contributed by atoms with Gasteiger partial charge in [0.05, 0.1) is 5.92 Å². The van der Waals surface area contributed by atoms with Crippen LogP contribution in [0.15, 0.2) is 23.8 Å². The molecule has 2 N–H and O–H groups in total. The molecule has 0 bridgehead atoms. The third-order valence-electron chi connectivity index (χ3n) is 9.71. The monoisotopic (exact) mass is 558 g/mol. The van der Waals surface area contributed by atoms with E-state index in [9.17, 15) is 14.7 Å². The number of carboxylic acid groups (broad SMARTS) is 2. The van der Waals surface area contributed by atoms with Crippen molar-refractivity contribution < 1.29 is 19.8 Å². The van der Waals surface area contributed by atoms with Crippen LogP contribution in [0.5, 0.6) is 0 Å². The van der Waals surface area contributed by atoms with Crippen LogP contribution in [-0.2, 0) is 9.59 Å². The number of hydrogen-bond donors (Lipinski definition) is 2. The predicted octanol–water partition coefficient (Wildman–Crippen LogP) is 10.8. The zero-order chi connectivity index (χ0) is 29.0. The second kappa shape index (κ2) is 21.2. The molecule has 0 radical (unpaired) electrons. The predicted molar refractivity (Wildman–Crippen MR) is 167 cm³/mol. The first kappa shape index (κ1) is 34.6. The van der Waals surface area contributed by atoms with Crippen molar-refractivity contribution in [3.05, 3.63) is 23.8 Å². The number of hydrogen-bond acceptors (Lipinski definition) is 2. The summed E-state index contributed by atoms with van der Waals surface area (Å²) >= 11 is 0. The van der Waals surface area contributed by atoms with Crippen LogP contribution in [0.2, 0.25) is 0 Å². The molecule has 40 heavy (non-hydrogen) atoms. The van der Waals surface area contributed by atoms with E-state index in [0.717, 1.165) is 64.2 Å². The Morgan fingerprint density at radius 3 is 1.98 bits per heavy atom. The van der Waals surface area contributed by atoms with Gasteiger partial charge in [0.2, 0.25) is 0 Å². The molecule has 1 saturated carbocycles. The van der Waals surface area contributed by atoms with Crippen LogP contribution in [0.1, 0.15) is 162 Å². The fourth-order valence-corrected chi connectivity index (χ4v) is 7.33. The van der Waals surface area contributed by atoms with E-state index < -0.39 is 11.9 Å². The SMILES string of the molecule is CCCCCCC1C=C[C@@H](CCCCCCCC(=O)O)C(/C=C2\CCCCCCC2C(=O)O)C1CCCCCC. The maximum atomic E-state index is 12.4. The third-order valence-corrected chi connectivity index (χ3v) is 9.71. The molecular formula is C36H62O4. The lowest BCUT2D eigenvalue weighted by Crippen LogP contribution is -2.32. The zero-order valence-corrected chi connectivity index (χ0v) is 26.1. The smallest absolute Gasteiger partial charge is 0.310 e. The highest BCUT2D eigenvalue weighted by Gasteiger charge is 2.35. The van der Waals surface area contributed by atoms with Gasteiger partial charge in [-0.25, -0.2) is 0 Å². The Morgan fingerprint density at radius 2 is 1.30 bits per heavy atom. The summed E-state index contributed by atoms with van der Waals surface area (Å²) in [6.45, 7) is 4.56. The lowest BCUT2D eigenvalue weighted by atomic mass is 9.65. The molecule has 1 fully saturated rings. The Bertz CT molecular complexity index is 754. The van der Waals surface area contributed by atoms with Gasteiger partial charge in [-0.15, -0.1) is 0 Å². The van der Waals surface area contributed by atoms with Gasteiger partial charge in [0, 0.05) is 6.42 Å². The quantitative estimate of drug-likeness (QED) is 0.115. The zero-order valence-electron chi connectivity index (χ0n) is 26.1. The fraction of sp³-hybridized carbons (Fsp3) is 0.833. The van der Waals surface area contributed by atoms with Gasteiger partial charge in [-0.3, -0.25) is 9.59 Å². The number of allylic oxidation sites excluding steroid dienone is 3. The first-order valence-electron chi connectivity index (χ1n) is 17.3. The Kier molecular flexibility index (Phi) is 18.3. The first-order valence-corrected chi connectivity index (χ1v) is 17.3. The summed E-state index contributed by atoms with van der Waals surface area (Å²) in [6.07, 6.45) is 33.5. The van der Waals surface area contributed by atoms with Gasteiger partial charge in [0.25, 0.3) is 0 Å². The molecule has 0 heterocycles. The standard InChI is InChI=1S/C36H62O4/c1-3-5-7-14-20-29-26-27-30(21-15-10-9-11-19-25-35(37)38)34(32(29)23-17-8-6-4-2)28-31-22-16-12-13-18-24-33(31)36(39)40/h26-30,32-34H,3-25H2,1-2H3,(H,37,38)(H,39,40)/b31-28+/t29?,30-,32?,33?,34?/m1/s1. The van der Waals surface area contributed by atoms with Crippen LogP contribution in [0.4, 0.5) is 0 Å². The Balaban J connectivity index is 2.24. The molecule has 0 aromatic carbocycles. The Labute approximate surface area is 246 Å². The Morgan fingerprint density at radius 1 is 0.725 bits per heavy atom. The van der Waals surface area contributed by atoms with Crippen molar-refractivity contribution in [2.24, 2.45) is 29.6 Å². The number of rotatable bonds is 20. The number of unbranched alkanes of at least 4 members (excludes halogenated alkanes) is 10. The van der Waals surface area contributed by atoms with Gasteiger partial charge in [-0.05, 0) is 68.6 Å². The highest BCUT2D eigenvalue weighted by molar-refractivity contribution is 5.73. The average Bonchev–Trinajstić information content (AvgIpc) is 2.91. The van der Waals surface area contributed by atoms with Crippen LogP contribution in [-0.4, -0.2) is 22.2 Å². The highest BCUT2D eigenvalue weighted by Crippen LogP contribution is 2.44. The summed E-state index contributed by atoms with van der Waals surface area (Å²) in [5, 5.41) is 19.1. The lowest BCUT2D eigenvalue weighted by Gasteiger charge is -2.40. The van der Waals surface area contributed by atoms with Gasteiger partial charge in [0.1, 0.15) is 0 Å². The van der Waals surface area contributed by atoms with Crippen molar-refractivity contribution in [1.29, 1.82) is 0 Å².